The standard InChI is InChI=1S/C9H20N2OS/c1-4-11(6-7-12-5-2)8(3)9(10)13/h8H,4-7H2,1-3H3,(H2,10,13). The van der Waals surface area contributed by atoms with Gasteiger partial charge >= 0.3 is 0 Å². The second kappa shape index (κ2) is 7.24. The van der Waals surface area contributed by atoms with E-state index in [-0.39, 0.29) is 6.04 Å². The van der Waals surface area contributed by atoms with Gasteiger partial charge in [0.05, 0.1) is 17.6 Å². The molecule has 0 saturated heterocycles. The molecule has 4 heteroatoms. The van der Waals surface area contributed by atoms with E-state index in [2.05, 4.69) is 11.8 Å². The quantitative estimate of drug-likeness (QED) is 0.496. The van der Waals surface area contributed by atoms with Crippen LogP contribution in [0.3, 0.4) is 0 Å². The van der Waals surface area contributed by atoms with Crippen LogP contribution in [0, 0.1) is 0 Å². The zero-order valence-electron chi connectivity index (χ0n) is 8.75. The van der Waals surface area contributed by atoms with Gasteiger partial charge in [0.2, 0.25) is 0 Å². The van der Waals surface area contributed by atoms with E-state index >= 15 is 0 Å². The largest absolute Gasteiger partial charge is 0.392 e. The molecule has 0 saturated carbocycles. The number of rotatable bonds is 7. The van der Waals surface area contributed by atoms with E-state index in [9.17, 15) is 0 Å². The molecule has 0 fully saturated rings. The molecule has 1 unspecified atom stereocenters. The van der Waals surface area contributed by atoms with Gasteiger partial charge in [-0.15, -0.1) is 0 Å². The van der Waals surface area contributed by atoms with Crippen molar-refractivity contribution in [2.24, 2.45) is 5.73 Å². The predicted molar refractivity (Wildman–Crippen MR) is 60.0 cm³/mol. The topological polar surface area (TPSA) is 38.5 Å². The molecule has 0 heterocycles. The van der Waals surface area contributed by atoms with Crippen molar-refractivity contribution in [3.63, 3.8) is 0 Å². The van der Waals surface area contributed by atoms with Crippen LogP contribution in [-0.4, -0.2) is 42.2 Å². The first-order valence-electron chi connectivity index (χ1n) is 4.74. The molecular formula is C9H20N2OS. The third-order valence-electron chi connectivity index (χ3n) is 2.09. The molecule has 0 radical (unpaired) electrons. The summed E-state index contributed by atoms with van der Waals surface area (Å²) in [7, 11) is 0. The minimum atomic E-state index is 0.167. The summed E-state index contributed by atoms with van der Waals surface area (Å²) >= 11 is 4.93. The molecule has 0 aliphatic heterocycles. The smallest absolute Gasteiger partial charge is 0.0899 e. The van der Waals surface area contributed by atoms with Crippen molar-refractivity contribution < 1.29 is 4.74 Å². The van der Waals surface area contributed by atoms with E-state index in [4.69, 9.17) is 22.7 Å². The van der Waals surface area contributed by atoms with Crippen LogP contribution in [0.4, 0.5) is 0 Å². The van der Waals surface area contributed by atoms with Crippen molar-refractivity contribution in [2.45, 2.75) is 26.8 Å². The number of nitrogens with zero attached hydrogens (tertiary/aromatic N) is 1. The molecule has 1 atom stereocenters. The lowest BCUT2D eigenvalue weighted by Gasteiger charge is -2.26. The Hall–Kier alpha value is -0.190. The molecule has 2 N–H and O–H groups in total. The van der Waals surface area contributed by atoms with E-state index in [1.807, 2.05) is 13.8 Å². The molecule has 0 aromatic carbocycles. The first-order valence-corrected chi connectivity index (χ1v) is 5.15. The summed E-state index contributed by atoms with van der Waals surface area (Å²) in [4.78, 5) is 2.76. The predicted octanol–water partition coefficient (Wildman–Crippen LogP) is 1.02. The summed E-state index contributed by atoms with van der Waals surface area (Å²) in [5.41, 5.74) is 5.57. The maximum Gasteiger partial charge on any atom is 0.0899 e. The Morgan fingerprint density at radius 2 is 2.15 bits per heavy atom. The normalized spacial score (nSPS) is 13.2. The van der Waals surface area contributed by atoms with E-state index in [1.165, 1.54) is 0 Å². The summed E-state index contributed by atoms with van der Waals surface area (Å²) in [6, 6.07) is 0.167. The molecule has 0 amide bonds. The van der Waals surface area contributed by atoms with E-state index in [0.717, 1.165) is 26.3 Å². The van der Waals surface area contributed by atoms with Gasteiger partial charge in [0, 0.05) is 13.2 Å². The van der Waals surface area contributed by atoms with Crippen molar-refractivity contribution in [1.29, 1.82) is 0 Å². The van der Waals surface area contributed by atoms with Gasteiger partial charge in [0.15, 0.2) is 0 Å². The Labute approximate surface area is 86.2 Å². The van der Waals surface area contributed by atoms with Gasteiger partial charge in [-0.3, -0.25) is 4.90 Å². The van der Waals surface area contributed by atoms with Crippen LogP contribution in [0.15, 0.2) is 0 Å². The molecule has 3 nitrogen and oxygen atoms in total. The number of ether oxygens (including phenoxy) is 1. The average Bonchev–Trinajstić information content (AvgIpc) is 2.11. The fourth-order valence-corrected chi connectivity index (χ4v) is 1.28. The maximum atomic E-state index is 5.57. The highest BCUT2D eigenvalue weighted by atomic mass is 32.1. The Bertz CT molecular complexity index is 153. The van der Waals surface area contributed by atoms with Gasteiger partial charge in [-0.1, -0.05) is 19.1 Å². The molecule has 0 rings (SSSR count). The fourth-order valence-electron chi connectivity index (χ4n) is 1.13. The van der Waals surface area contributed by atoms with Crippen LogP contribution in [0.5, 0.6) is 0 Å². The minimum absolute atomic E-state index is 0.167. The molecule has 0 spiro atoms. The van der Waals surface area contributed by atoms with Gasteiger partial charge in [-0.25, -0.2) is 0 Å². The lowest BCUT2D eigenvalue weighted by Crippen LogP contribution is -2.43. The summed E-state index contributed by atoms with van der Waals surface area (Å²) in [6.07, 6.45) is 0. The minimum Gasteiger partial charge on any atom is -0.392 e. The highest BCUT2D eigenvalue weighted by Crippen LogP contribution is 1.98. The van der Waals surface area contributed by atoms with Crippen LogP contribution >= 0.6 is 12.2 Å². The monoisotopic (exact) mass is 204 g/mol. The zero-order chi connectivity index (χ0) is 10.3. The van der Waals surface area contributed by atoms with Crippen LogP contribution in [0.2, 0.25) is 0 Å². The summed E-state index contributed by atoms with van der Waals surface area (Å²) in [5, 5.41) is 0. The third kappa shape index (κ3) is 5.18. The number of likely N-dealkylation sites (N-methyl/N-ethyl adjacent to an activating group) is 1. The number of thiocarbonyl (C=S) groups is 1. The molecule has 0 aliphatic rings. The summed E-state index contributed by atoms with van der Waals surface area (Å²) in [5.74, 6) is 0. The van der Waals surface area contributed by atoms with Crippen molar-refractivity contribution in [3.05, 3.63) is 0 Å². The molecule has 0 aliphatic carbocycles. The van der Waals surface area contributed by atoms with Crippen molar-refractivity contribution in [2.75, 3.05) is 26.3 Å². The van der Waals surface area contributed by atoms with Crippen LogP contribution in [-0.2, 0) is 4.74 Å². The maximum absolute atomic E-state index is 5.57. The number of nitrogens with two attached hydrogens (primary N) is 1. The third-order valence-corrected chi connectivity index (χ3v) is 2.43. The zero-order valence-corrected chi connectivity index (χ0v) is 9.56. The van der Waals surface area contributed by atoms with Crippen molar-refractivity contribution >= 4 is 17.2 Å². The number of hydrogen-bond acceptors (Lipinski definition) is 3. The van der Waals surface area contributed by atoms with E-state index in [1.54, 1.807) is 0 Å². The molecule has 0 aromatic rings. The molecule has 0 bridgehead atoms. The Morgan fingerprint density at radius 1 is 1.54 bits per heavy atom. The Balaban J connectivity index is 3.80. The van der Waals surface area contributed by atoms with Crippen LogP contribution in [0.25, 0.3) is 0 Å². The van der Waals surface area contributed by atoms with Gasteiger partial charge in [-0.2, -0.15) is 0 Å². The molecule has 13 heavy (non-hydrogen) atoms. The second-order valence-electron chi connectivity index (χ2n) is 2.90. The highest BCUT2D eigenvalue weighted by molar-refractivity contribution is 7.80. The van der Waals surface area contributed by atoms with E-state index in [0.29, 0.717) is 4.99 Å². The highest BCUT2D eigenvalue weighted by Gasteiger charge is 2.13. The lowest BCUT2D eigenvalue weighted by atomic mass is 10.3. The van der Waals surface area contributed by atoms with Crippen LogP contribution < -0.4 is 5.73 Å². The van der Waals surface area contributed by atoms with Gasteiger partial charge in [0.1, 0.15) is 0 Å². The Morgan fingerprint density at radius 3 is 2.54 bits per heavy atom. The molecule has 78 valence electrons. The molecule has 0 aromatic heterocycles. The van der Waals surface area contributed by atoms with Gasteiger partial charge < -0.3 is 10.5 Å². The lowest BCUT2D eigenvalue weighted by molar-refractivity contribution is 0.111. The summed E-state index contributed by atoms with van der Waals surface area (Å²) < 4.78 is 5.27. The first-order chi connectivity index (χ1) is 6.13. The average molecular weight is 204 g/mol. The summed E-state index contributed by atoms with van der Waals surface area (Å²) in [6.45, 7) is 9.47. The van der Waals surface area contributed by atoms with Crippen molar-refractivity contribution in [1.82, 2.24) is 4.90 Å². The van der Waals surface area contributed by atoms with E-state index < -0.39 is 0 Å². The van der Waals surface area contributed by atoms with Gasteiger partial charge in [-0.05, 0) is 20.4 Å². The van der Waals surface area contributed by atoms with Crippen LogP contribution in [0.1, 0.15) is 20.8 Å². The number of hydrogen-bond donors (Lipinski definition) is 1. The van der Waals surface area contributed by atoms with Gasteiger partial charge in [0.25, 0.3) is 0 Å². The fraction of sp³-hybridized carbons (Fsp3) is 0.889. The second-order valence-corrected chi connectivity index (χ2v) is 3.38. The molecular weight excluding hydrogens is 184 g/mol. The first kappa shape index (κ1) is 12.8. The van der Waals surface area contributed by atoms with Crippen molar-refractivity contribution in [3.8, 4) is 0 Å². The SMILES string of the molecule is CCOCCN(CC)C(C)C(N)=S. The Kier molecular flexibility index (Phi) is 7.13.